The van der Waals surface area contributed by atoms with E-state index in [0.717, 1.165) is 0 Å². The summed E-state index contributed by atoms with van der Waals surface area (Å²) in [6.07, 6.45) is 1.80. The average molecular weight is 184 g/mol. The van der Waals surface area contributed by atoms with Crippen LogP contribution in [-0.2, 0) is 14.3 Å². The number of carbonyl (C=O) groups is 2. The Balaban J connectivity index is 2.77. The first kappa shape index (κ1) is 9.77. The summed E-state index contributed by atoms with van der Waals surface area (Å²) in [5.74, 6) is -2.03. The lowest BCUT2D eigenvalue weighted by Crippen LogP contribution is -2.29. The summed E-state index contributed by atoms with van der Waals surface area (Å²) in [4.78, 5) is 22.1. The molecule has 0 spiro atoms. The quantitative estimate of drug-likeness (QED) is 0.399. The van der Waals surface area contributed by atoms with Gasteiger partial charge in [-0.05, 0) is 13.3 Å². The van der Waals surface area contributed by atoms with E-state index < -0.39 is 17.4 Å². The van der Waals surface area contributed by atoms with Crippen LogP contribution in [0.5, 0.6) is 0 Å². The summed E-state index contributed by atoms with van der Waals surface area (Å²) in [5.41, 5.74) is -1.34. The Hall–Kier alpha value is -1.32. The van der Waals surface area contributed by atoms with Crippen LogP contribution >= 0.6 is 0 Å². The minimum Gasteiger partial charge on any atom is -0.480 e. The number of hydrogen-bond donors (Lipinski definition) is 1. The van der Waals surface area contributed by atoms with E-state index in [1.165, 1.54) is 6.08 Å². The van der Waals surface area contributed by atoms with Crippen molar-refractivity contribution >= 4 is 11.9 Å². The maximum Gasteiger partial charge on any atom is 0.324 e. The molecule has 1 N–H and O–H groups in total. The van der Waals surface area contributed by atoms with Gasteiger partial charge in [-0.25, -0.2) is 0 Å². The number of allylic oxidation sites excluding steroid dienone is 1. The number of hydrogen-bond acceptors (Lipinski definition) is 3. The second kappa shape index (κ2) is 3.20. The molecule has 1 aliphatic rings. The van der Waals surface area contributed by atoms with Gasteiger partial charge in [0.1, 0.15) is 0 Å². The van der Waals surface area contributed by atoms with Crippen molar-refractivity contribution in [3.63, 3.8) is 0 Å². The van der Waals surface area contributed by atoms with Crippen molar-refractivity contribution < 1.29 is 19.4 Å². The molecule has 0 aromatic heterocycles. The Morgan fingerprint density at radius 1 is 1.77 bits per heavy atom. The molecular formula is C9H12O4. The Morgan fingerprint density at radius 2 is 2.38 bits per heavy atom. The zero-order chi connectivity index (χ0) is 10.1. The standard InChI is InChI=1S/C9H12O4/c1-3-6-5-9(6,7(10)11)8(12)13-4-2/h3,6H,1,4-5H2,2H3,(H,10,11)/t6-,9-/m0/s1. The smallest absolute Gasteiger partial charge is 0.324 e. The largest absolute Gasteiger partial charge is 0.480 e. The molecule has 0 heterocycles. The molecule has 0 bridgehead atoms. The lowest BCUT2D eigenvalue weighted by molar-refractivity contribution is -0.161. The van der Waals surface area contributed by atoms with Crippen LogP contribution in [0.15, 0.2) is 12.7 Å². The molecule has 13 heavy (non-hydrogen) atoms. The number of aliphatic carboxylic acids is 1. The molecule has 1 aliphatic carbocycles. The van der Waals surface area contributed by atoms with Crippen LogP contribution in [0.3, 0.4) is 0 Å². The molecule has 0 saturated heterocycles. The van der Waals surface area contributed by atoms with Crippen molar-refractivity contribution in [1.82, 2.24) is 0 Å². The van der Waals surface area contributed by atoms with Gasteiger partial charge in [0.25, 0.3) is 0 Å². The van der Waals surface area contributed by atoms with E-state index in [4.69, 9.17) is 9.84 Å². The summed E-state index contributed by atoms with van der Waals surface area (Å²) >= 11 is 0. The van der Waals surface area contributed by atoms with Crippen molar-refractivity contribution in [2.45, 2.75) is 13.3 Å². The van der Waals surface area contributed by atoms with E-state index in [-0.39, 0.29) is 12.5 Å². The molecule has 4 nitrogen and oxygen atoms in total. The molecule has 2 atom stereocenters. The Labute approximate surface area is 76.2 Å². The summed E-state index contributed by atoms with van der Waals surface area (Å²) in [5, 5.41) is 8.85. The van der Waals surface area contributed by atoms with E-state index in [1.54, 1.807) is 6.92 Å². The molecule has 0 radical (unpaired) electrons. The molecule has 0 aliphatic heterocycles. The van der Waals surface area contributed by atoms with Crippen molar-refractivity contribution in [1.29, 1.82) is 0 Å². The van der Waals surface area contributed by atoms with Gasteiger partial charge in [-0.3, -0.25) is 9.59 Å². The Morgan fingerprint density at radius 3 is 2.69 bits per heavy atom. The van der Waals surface area contributed by atoms with E-state index in [9.17, 15) is 9.59 Å². The van der Waals surface area contributed by atoms with E-state index in [1.807, 2.05) is 0 Å². The van der Waals surface area contributed by atoms with Gasteiger partial charge in [0.05, 0.1) is 6.61 Å². The fourth-order valence-electron chi connectivity index (χ4n) is 1.40. The van der Waals surface area contributed by atoms with E-state index in [2.05, 4.69) is 6.58 Å². The number of carboxylic acids is 1. The summed E-state index contributed by atoms with van der Waals surface area (Å²) in [7, 11) is 0. The molecule has 72 valence electrons. The average Bonchev–Trinajstić information content (AvgIpc) is 2.79. The lowest BCUT2D eigenvalue weighted by Gasteiger charge is -2.09. The summed E-state index contributed by atoms with van der Waals surface area (Å²) < 4.78 is 4.70. The van der Waals surface area contributed by atoms with Gasteiger partial charge in [-0.1, -0.05) is 6.08 Å². The van der Waals surface area contributed by atoms with E-state index in [0.29, 0.717) is 6.42 Å². The first-order valence-electron chi connectivity index (χ1n) is 4.12. The van der Waals surface area contributed by atoms with Crippen molar-refractivity contribution in [3.05, 3.63) is 12.7 Å². The predicted molar refractivity (Wildman–Crippen MR) is 45.0 cm³/mol. The second-order valence-corrected chi connectivity index (χ2v) is 3.04. The molecule has 0 aromatic rings. The highest BCUT2D eigenvalue weighted by molar-refractivity contribution is 6.03. The third-order valence-electron chi connectivity index (χ3n) is 2.32. The fraction of sp³-hybridized carbons (Fsp3) is 0.556. The normalized spacial score (nSPS) is 30.7. The lowest BCUT2D eigenvalue weighted by atomic mass is 10.0. The minimum absolute atomic E-state index is 0.206. The maximum absolute atomic E-state index is 11.3. The highest BCUT2D eigenvalue weighted by atomic mass is 16.5. The molecule has 0 amide bonds. The minimum atomic E-state index is -1.34. The van der Waals surface area contributed by atoms with Gasteiger partial charge in [0.15, 0.2) is 5.41 Å². The van der Waals surface area contributed by atoms with E-state index >= 15 is 0 Å². The second-order valence-electron chi connectivity index (χ2n) is 3.04. The topological polar surface area (TPSA) is 63.6 Å². The van der Waals surface area contributed by atoms with Crippen LogP contribution in [0, 0.1) is 11.3 Å². The van der Waals surface area contributed by atoms with Gasteiger partial charge < -0.3 is 9.84 Å². The number of carbonyl (C=O) groups excluding carboxylic acids is 1. The first-order chi connectivity index (χ1) is 6.09. The van der Waals surface area contributed by atoms with Crippen molar-refractivity contribution in [2.75, 3.05) is 6.61 Å². The molecule has 1 fully saturated rings. The van der Waals surface area contributed by atoms with Gasteiger partial charge >= 0.3 is 11.9 Å². The molecule has 4 heteroatoms. The zero-order valence-electron chi connectivity index (χ0n) is 7.45. The monoisotopic (exact) mass is 184 g/mol. The number of carboxylic acid groups (broad SMARTS) is 1. The third kappa shape index (κ3) is 1.32. The van der Waals surface area contributed by atoms with Gasteiger partial charge in [-0.15, -0.1) is 6.58 Å². The molecule has 1 rings (SSSR count). The Bertz CT molecular complexity index is 258. The summed E-state index contributed by atoms with van der Waals surface area (Å²) in [6, 6.07) is 0. The number of rotatable bonds is 4. The first-order valence-corrected chi connectivity index (χ1v) is 4.12. The molecule has 1 saturated carbocycles. The van der Waals surface area contributed by atoms with Crippen LogP contribution in [-0.4, -0.2) is 23.7 Å². The number of esters is 1. The van der Waals surface area contributed by atoms with Gasteiger partial charge in [0, 0.05) is 5.92 Å². The zero-order valence-corrected chi connectivity index (χ0v) is 7.45. The van der Waals surface area contributed by atoms with Crippen LogP contribution in [0.25, 0.3) is 0 Å². The maximum atomic E-state index is 11.3. The number of ether oxygens (including phenoxy) is 1. The fourth-order valence-corrected chi connectivity index (χ4v) is 1.40. The van der Waals surface area contributed by atoms with Crippen LogP contribution in [0.2, 0.25) is 0 Å². The highest BCUT2D eigenvalue weighted by Gasteiger charge is 2.66. The predicted octanol–water partition coefficient (Wildman–Crippen LogP) is 0.826. The molecular weight excluding hydrogens is 172 g/mol. The van der Waals surface area contributed by atoms with Crippen LogP contribution in [0.4, 0.5) is 0 Å². The molecule has 0 unspecified atom stereocenters. The van der Waals surface area contributed by atoms with Crippen molar-refractivity contribution in [2.24, 2.45) is 11.3 Å². The Kier molecular flexibility index (Phi) is 2.40. The van der Waals surface area contributed by atoms with Gasteiger partial charge in [0.2, 0.25) is 0 Å². The van der Waals surface area contributed by atoms with Crippen LogP contribution in [0.1, 0.15) is 13.3 Å². The van der Waals surface area contributed by atoms with Crippen molar-refractivity contribution in [3.8, 4) is 0 Å². The summed E-state index contributed by atoms with van der Waals surface area (Å²) in [6.45, 7) is 5.33. The SMILES string of the molecule is C=C[C@H]1C[C@]1(C(=O)O)C(=O)OCC. The molecule has 0 aromatic carbocycles. The van der Waals surface area contributed by atoms with Crippen LogP contribution < -0.4 is 0 Å². The third-order valence-corrected chi connectivity index (χ3v) is 2.32. The highest BCUT2D eigenvalue weighted by Crippen LogP contribution is 2.54. The van der Waals surface area contributed by atoms with Gasteiger partial charge in [-0.2, -0.15) is 0 Å².